The predicted octanol–water partition coefficient (Wildman–Crippen LogP) is 1.50. The van der Waals surface area contributed by atoms with Gasteiger partial charge in [0.2, 0.25) is 11.8 Å². The molecule has 0 spiro atoms. The first kappa shape index (κ1) is 15.5. The molecule has 0 saturated carbocycles. The number of carbonyl (C=O) groups excluding carboxylic acids is 2. The summed E-state index contributed by atoms with van der Waals surface area (Å²) >= 11 is 3.33. The topological polar surface area (TPSA) is 70.2 Å². The van der Waals surface area contributed by atoms with E-state index in [4.69, 9.17) is 0 Å². The van der Waals surface area contributed by atoms with E-state index in [9.17, 15) is 9.59 Å². The first-order valence-corrected chi connectivity index (χ1v) is 6.82. The van der Waals surface area contributed by atoms with Crippen LogP contribution in [0.15, 0.2) is 28.7 Å². The van der Waals surface area contributed by atoms with Crippen molar-refractivity contribution < 1.29 is 9.59 Å². The quantitative estimate of drug-likeness (QED) is 0.741. The number of anilines is 1. The minimum absolute atomic E-state index is 0.000961. The molecule has 104 valence electrons. The van der Waals surface area contributed by atoms with Gasteiger partial charge in [0.05, 0.1) is 13.1 Å². The van der Waals surface area contributed by atoms with E-state index in [2.05, 4.69) is 31.9 Å². The summed E-state index contributed by atoms with van der Waals surface area (Å²) in [6.45, 7) is 3.87. The van der Waals surface area contributed by atoms with Crippen LogP contribution < -0.4 is 16.0 Å². The molecule has 0 heterocycles. The molecular formula is C13H18BrN3O2. The van der Waals surface area contributed by atoms with E-state index in [1.165, 1.54) is 0 Å². The summed E-state index contributed by atoms with van der Waals surface area (Å²) in [6, 6.07) is 7.57. The van der Waals surface area contributed by atoms with E-state index in [0.29, 0.717) is 0 Å². The van der Waals surface area contributed by atoms with E-state index >= 15 is 0 Å². The van der Waals surface area contributed by atoms with Gasteiger partial charge in [0.1, 0.15) is 0 Å². The van der Waals surface area contributed by atoms with E-state index in [0.717, 1.165) is 10.2 Å². The number of benzene rings is 1. The molecule has 6 heteroatoms. The number of carbonyl (C=O) groups is 2. The third-order valence-electron chi connectivity index (χ3n) is 2.19. The molecule has 3 N–H and O–H groups in total. The maximum atomic E-state index is 11.5. The van der Waals surface area contributed by atoms with Crippen molar-refractivity contribution in [1.82, 2.24) is 10.6 Å². The van der Waals surface area contributed by atoms with Gasteiger partial charge in [-0.05, 0) is 38.1 Å². The maximum Gasteiger partial charge on any atom is 0.239 e. The van der Waals surface area contributed by atoms with Crippen molar-refractivity contribution in [3.05, 3.63) is 28.7 Å². The van der Waals surface area contributed by atoms with Crippen LogP contribution in [-0.2, 0) is 9.59 Å². The van der Waals surface area contributed by atoms with Crippen molar-refractivity contribution >= 4 is 33.4 Å². The normalized spacial score (nSPS) is 10.1. The molecule has 1 aromatic rings. The highest BCUT2D eigenvalue weighted by Gasteiger charge is 2.06. The van der Waals surface area contributed by atoms with Crippen molar-refractivity contribution in [3.63, 3.8) is 0 Å². The Morgan fingerprint density at radius 2 is 1.74 bits per heavy atom. The Morgan fingerprint density at radius 1 is 1.11 bits per heavy atom. The lowest BCUT2D eigenvalue weighted by molar-refractivity contribution is -0.125. The minimum atomic E-state index is -0.221. The van der Waals surface area contributed by atoms with E-state index < -0.39 is 0 Å². The number of halogens is 1. The lowest BCUT2D eigenvalue weighted by Crippen LogP contribution is -2.41. The fraction of sp³-hybridized carbons (Fsp3) is 0.385. The lowest BCUT2D eigenvalue weighted by Gasteiger charge is -2.10. The fourth-order valence-corrected chi connectivity index (χ4v) is 1.63. The third kappa shape index (κ3) is 6.81. The molecular weight excluding hydrogens is 310 g/mol. The van der Waals surface area contributed by atoms with Gasteiger partial charge in [-0.3, -0.25) is 9.59 Å². The molecule has 1 aromatic carbocycles. The average molecular weight is 328 g/mol. The Bertz CT molecular complexity index is 432. The van der Waals surface area contributed by atoms with Crippen LogP contribution in [0.5, 0.6) is 0 Å². The predicted molar refractivity (Wildman–Crippen MR) is 78.9 cm³/mol. The number of rotatable bonds is 6. The molecule has 0 radical (unpaired) electrons. The molecule has 0 aliphatic heterocycles. The highest BCUT2D eigenvalue weighted by atomic mass is 79.9. The highest BCUT2D eigenvalue weighted by Crippen LogP contribution is 2.13. The van der Waals surface area contributed by atoms with Gasteiger partial charge in [-0.25, -0.2) is 0 Å². The van der Waals surface area contributed by atoms with Gasteiger partial charge in [-0.15, -0.1) is 0 Å². The van der Waals surface area contributed by atoms with Gasteiger partial charge in [0, 0.05) is 16.2 Å². The van der Waals surface area contributed by atoms with Gasteiger partial charge in [0.15, 0.2) is 0 Å². The first-order valence-electron chi connectivity index (χ1n) is 6.03. The van der Waals surface area contributed by atoms with Gasteiger partial charge in [-0.1, -0.05) is 15.9 Å². The molecule has 2 amide bonds. The average Bonchev–Trinajstić information content (AvgIpc) is 2.35. The largest absolute Gasteiger partial charge is 0.376 e. The fourth-order valence-electron chi connectivity index (χ4n) is 1.36. The summed E-state index contributed by atoms with van der Waals surface area (Å²) < 4.78 is 0.979. The van der Waals surface area contributed by atoms with E-state index in [1.54, 1.807) is 0 Å². The lowest BCUT2D eigenvalue weighted by atomic mass is 10.3. The van der Waals surface area contributed by atoms with Crippen LogP contribution in [0.1, 0.15) is 13.8 Å². The molecule has 19 heavy (non-hydrogen) atoms. The second-order valence-electron chi connectivity index (χ2n) is 4.36. The Kier molecular flexibility index (Phi) is 6.35. The zero-order valence-electron chi connectivity index (χ0n) is 11.0. The van der Waals surface area contributed by atoms with Gasteiger partial charge < -0.3 is 16.0 Å². The second-order valence-corrected chi connectivity index (χ2v) is 5.28. The number of hydrogen-bond donors (Lipinski definition) is 3. The summed E-state index contributed by atoms with van der Waals surface area (Å²) in [5.41, 5.74) is 0.852. The number of amides is 2. The van der Waals surface area contributed by atoms with Crippen molar-refractivity contribution in [2.75, 3.05) is 18.4 Å². The van der Waals surface area contributed by atoms with Crippen LogP contribution in [0.25, 0.3) is 0 Å². The van der Waals surface area contributed by atoms with E-state index in [-0.39, 0.29) is 30.9 Å². The van der Waals surface area contributed by atoms with Gasteiger partial charge in [-0.2, -0.15) is 0 Å². The molecule has 0 aliphatic carbocycles. The van der Waals surface area contributed by atoms with Gasteiger partial charge in [0.25, 0.3) is 0 Å². The summed E-state index contributed by atoms with van der Waals surface area (Å²) in [6.07, 6.45) is 0. The van der Waals surface area contributed by atoms with Crippen LogP contribution in [0.3, 0.4) is 0 Å². The maximum absolute atomic E-state index is 11.5. The molecule has 0 bridgehead atoms. The summed E-state index contributed by atoms with van der Waals surface area (Å²) in [5, 5.41) is 8.22. The Morgan fingerprint density at radius 3 is 2.32 bits per heavy atom. The molecule has 0 saturated heterocycles. The van der Waals surface area contributed by atoms with Crippen LogP contribution in [0.4, 0.5) is 5.69 Å². The summed E-state index contributed by atoms with van der Waals surface area (Å²) in [7, 11) is 0. The molecule has 0 atom stereocenters. The Balaban J connectivity index is 2.24. The van der Waals surface area contributed by atoms with Crippen molar-refractivity contribution in [2.24, 2.45) is 0 Å². The molecule has 0 fully saturated rings. The highest BCUT2D eigenvalue weighted by molar-refractivity contribution is 9.10. The Hall–Kier alpha value is -1.56. The molecule has 1 rings (SSSR count). The van der Waals surface area contributed by atoms with Crippen LogP contribution in [-0.4, -0.2) is 30.9 Å². The molecule has 5 nitrogen and oxygen atoms in total. The Labute approximate surface area is 121 Å². The summed E-state index contributed by atoms with van der Waals surface area (Å²) in [4.78, 5) is 22.8. The van der Waals surface area contributed by atoms with E-state index in [1.807, 2.05) is 38.1 Å². The number of hydrogen-bond acceptors (Lipinski definition) is 3. The summed E-state index contributed by atoms with van der Waals surface area (Å²) in [5.74, 6) is -0.409. The monoisotopic (exact) mass is 327 g/mol. The van der Waals surface area contributed by atoms with Crippen LogP contribution in [0, 0.1) is 0 Å². The SMILES string of the molecule is CC(C)NC(=O)CNC(=O)CNc1ccc(Br)cc1. The number of nitrogens with one attached hydrogen (secondary N) is 3. The van der Waals surface area contributed by atoms with Crippen LogP contribution in [0.2, 0.25) is 0 Å². The molecule has 0 unspecified atom stereocenters. The smallest absolute Gasteiger partial charge is 0.239 e. The first-order chi connectivity index (χ1) is 8.97. The second kappa shape index (κ2) is 7.78. The molecule has 0 aromatic heterocycles. The zero-order chi connectivity index (χ0) is 14.3. The zero-order valence-corrected chi connectivity index (χ0v) is 12.6. The standard InChI is InChI=1S/C13H18BrN3O2/c1-9(2)17-13(19)8-16-12(18)7-15-11-5-3-10(14)4-6-11/h3-6,9,15H,7-8H2,1-2H3,(H,16,18)(H,17,19). The van der Waals surface area contributed by atoms with Gasteiger partial charge >= 0.3 is 0 Å². The van der Waals surface area contributed by atoms with Crippen molar-refractivity contribution in [2.45, 2.75) is 19.9 Å². The molecule has 0 aliphatic rings. The van der Waals surface area contributed by atoms with Crippen molar-refractivity contribution in [3.8, 4) is 0 Å². The van der Waals surface area contributed by atoms with Crippen molar-refractivity contribution in [1.29, 1.82) is 0 Å². The van der Waals surface area contributed by atoms with Crippen LogP contribution >= 0.6 is 15.9 Å². The minimum Gasteiger partial charge on any atom is -0.376 e. The third-order valence-corrected chi connectivity index (χ3v) is 2.72.